The van der Waals surface area contributed by atoms with Gasteiger partial charge in [-0.25, -0.2) is 0 Å². The van der Waals surface area contributed by atoms with Gasteiger partial charge in [-0.15, -0.1) is 49.6 Å². The largest absolute Gasteiger partial charge is 0.147 e. The van der Waals surface area contributed by atoms with Gasteiger partial charge in [0.25, 0.3) is 0 Å². The van der Waals surface area contributed by atoms with Gasteiger partial charge in [0.2, 0.25) is 0 Å². The van der Waals surface area contributed by atoms with Crippen LogP contribution in [0.2, 0.25) is 34.6 Å². The van der Waals surface area contributed by atoms with Crippen molar-refractivity contribution in [2.24, 2.45) is 0 Å². The summed E-state index contributed by atoms with van der Waals surface area (Å²) in [5.74, 6) is 2.35. The normalized spacial score (nSPS) is 18.1. The first-order valence-corrected chi connectivity index (χ1v) is 16.9. The van der Waals surface area contributed by atoms with Gasteiger partial charge in [0.15, 0.2) is 0 Å². The maximum Gasteiger partial charge on any atom is -0.147 e. The fraction of sp³-hybridized carbons (Fsp3) is 0.467. The molecule has 1 heterocycles. The van der Waals surface area contributed by atoms with Gasteiger partial charge in [-0.1, -0.05) is 0 Å². The molecule has 0 bridgehead atoms. The molecule has 1 aliphatic carbocycles. The Morgan fingerprint density at radius 2 is 1.55 bits per heavy atom. The van der Waals surface area contributed by atoms with Crippen LogP contribution in [0.25, 0.3) is 0 Å². The maximum absolute atomic E-state index is 3.83. The van der Waals surface area contributed by atoms with Crippen molar-refractivity contribution in [1.29, 1.82) is 0 Å². The molecule has 1 aromatic heterocycles. The Bertz CT molecular complexity index is 578. The van der Waals surface area contributed by atoms with Crippen LogP contribution in [0.5, 0.6) is 0 Å². The zero-order valence-corrected chi connectivity index (χ0v) is 20.2. The number of rotatable bonds is 3. The second-order valence-corrected chi connectivity index (χ2v) is 36.2. The molecule has 1 aromatic rings. The molecular weight excluding hydrogens is 412 g/mol. The summed E-state index contributed by atoms with van der Waals surface area (Å²) >= 11 is -3.83. The minimum Gasteiger partial charge on any atom is -0.147 e. The Labute approximate surface area is 158 Å². The standard InChI is InChI=1S/C5H5.C4H4P.C2H6B.4CH3.4ClH.Ti/c2*1-2-4-5-3-1;1-3-2;;;;;;;;;/h1-3H,4H2;1-3,5H;1-2H3;4*1H3;4*1H;/q;;+1;;;;;;;;;-1. The zero-order chi connectivity index (χ0) is 13.8. The van der Waals surface area contributed by atoms with Crippen LogP contribution in [0, 0.1) is 0 Å². The monoisotopic (exact) mass is 441 g/mol. The molecule has 0 radical (unpaired) electrons. The Morgan fingerprint density at radius 3 is 1.86 bits per heavy atom. The van der Waals surface area contributed by atoms with Gasteiger partial charge < -0.3 is 0 Å². The SMILES string of the molecule is C[B](C)[Ti]([CH3])([CH3])([CH3])([CH3])([C]1=CC=CC1)[c]1ccc[pH]1.Cl.Cl.Cl.Cl. The van der Waals surface area contributed by atoms with Crippen LogP contribution in [0.15, 0.2) is 40.0 Å². The third kappa shape index (κ3) is 3.30. The first-order valence-electron chi connectivity index (χ1n) is 7.15. The quantitative estimate of drug-likeness (QED) is 0.439. The summed E-state index contributed by atoms with van der Waals surface area (Å²) in [6.45, 7) is 4.89. The second-order valence-electron chi connectivity index (χ2n) is 10.1. The molecule has 22 heavy (non-hydrogen) atoms. The summed E-state index contributed by atoms with van der Waals surface area (Å²) in [5, 5.41) is 10.6. The molecule has 0 N–H and O–H groups in total. The number of hydrogen-bond acceptors (Lipinski definition) is 0. The molecule has 0 amide bonds. The Balaban J connectivity index is -0.000000902. The average Bonchev–Trinajstić information content (AvgIpc) is 2.92. The molecule has 7 heteroatoms. The predicted molar refractivity (Wildman–Crippen MR) is 117 cm³/mol. The van der Waals surface area contributed by atoms with Gasteiger partial charge in [-0.2, -0.15) is 0 Å². The fourth-order valence-electron chi connectivity index (χ4n) is 3.36. The smallest absolute Gasteiger partial charge is 0.147 e. The zero-order valence-electron chi connectivity index (χ0n) is 14.4. The topological polar surface area (TPSA) is 0 Å². The van der Waals surface area contributed by atoms with Crippen LogP contribution in [-0.4, -0.2) is 4.89 Å². The van der Waals surface area contributed by atoms with Crippen molar-refractivity contribution in [3.05, 3.63) is 40.0 Å². The molecule has 2 rings (SSSR count). The molecule has 131 valence electrons. The molecule has 0 spiro atoms. The van der Waals surface area contributed by atoms with E-state index < -0.39 is 12.5 Å². The minimum atomic E-state index is -3.83. The molecular formula is C15H31BCl4PTi. The van der Waals surface area contributed by atoms with Crippen molar-refractivity contribution < 1.29 is 12.5 Å². The first kappa shape index (κ1) is 28.0. The summed E-state index contributed by atoms with van der Waals surface area (Å²) in [6.07, 6.45) is 8.15. The number of hydrogen-bond donors (Lipinski definition) is 0. The van der Waals surface area contributed by atoms with Crippen LogP contribution in [-0.2, 0) is 12.5 Å². The van der Waals surface area contributed by atoms with Crippen LogP contribution in [0.1, 0.15) is 6.42 Å². The Kier molecular flexibility index (Phi) is 8.27. The third-order valence-electron chi connectivity index (χ3n) is 7.25. The number of allylic oxidation sites excluding steroid dienone is 4. The summed E-state index contributed by atoms with van der Waals surface area (Å²) in [4.78, 5) is 0.688. The van der Waals surface area contributed by atoms with E-state index in [1.54, 1.807) is 7.48 Å². The molecule has 1 atom stereocenters. The van der Waals surface area contributed by atoms with E-state index >= 15 is 0 Å². The summed E-state index contributed by atoms with van der Waals surface area (Å²) in [6, 6.07) is 4.69. The van der Waals surface area contributed by atoms with Gasteiger partial charge in [0, 0.05) is 0 Å². The predicted octanol–water partition coefficient (Wildman–Crippen LogP) is 7.08. The van der Waals surface area contributed by atoms with E-state index in [0.29, 0.717) is 4.89 Å². The molecule has 1 aliphatic rings. The fourth-order valence-corrected chi connectivity index (χ4v) is 17.8. The first-order chi connectivity index (χ1) is 7.95. The van der Waals surface area contributed by atoms with Crippen molar-refractivity contribution in [2.45, 2.75) is 41.0 Å². The van der Waals surface area contributed by atoms with E-state index in [2.05, 4.69) is 70.7 Å². The summed E-state index contributed by atoms with van der Waals surface area (Å²) in [7, 11) is 0.875. The van der Waals surface area contributed by atoms with Crippen LogP contribution in [0.4, 0.5) is 0 Å². The summed E-state index contributed by atoms with van der Waals surface area (Å²) < 4.78 is 3.45. The van der Waals surface area contributed by atoms with Gasteiger partial charge in [0.05, 0.1) is 0 Å². The van der Waals surface area contributed by atoms with E-state index in [9.17, 15) is 0 Å². The van der Waals surface area contributed by atoms with Crippen LogP contribution < -0.4 is 3.60 Å². The van der Waals surface area contributed by atoms with E-state index in [4.69, 9.17) is 0 Å². The molecule has 0 saturated carbocycles. The minimum absolute atomic E-state index is 0. The molecule has 0 aliphatic heterocycles. The molecule has 0 saturated heterocycles. The van der Waals surface area contributed by atoms with E-state index in [0.717, 1.165) is 14.6 Å². The van der Waals surface area contributed by atoms with E-state index in [1.165, 1.54) is 0 Å². The third-order valence-corrected chi connectivity index (χ3v) is 33.2. The summed E-state index contributed by atoms with van der Waals surface area (Å²) in [5.41, 5.74) is 0. The van der Waals surface area contributed by atoms with Crippen molar-refractivity contribution in [3.63, 3.8) is 0 Å². The van der Waals surface area contributed by atoms with Gasteiger partial charge in [0.1, 0.15) is 0 Å². The molecule has 0 fully saturated rings. The second kappa shape index (κ2) is 6.49. The van der Waals surface area contributed by atoms with Gasteiger partial charge >= 0.3 is 110 Å². The van der Waals surface area contributed by atoms with E-state index in [1.807, 2.05) is 0 Å². The molecule has 0 nitrogen and oxygen atoms in total. The Hall–Kier alpha value is 1.20. The average molecular weight is 443 g/mol. The van der Waals surface area contributed by atoms with Crippen molar-refractivity contribution in [3.8, 4) is 0 Å². The van der Waals surface area contributed by atoms with Gasteiger partial charge in [-0.3, -0.25) is 0 Å². The molecule has 1 unspecified atom stereocenters. The van der Waals surface area contributed by atoms with Crippen molar-refractivity contribution in [1.82, 2.24) is 0 Å². The maximum atomic E-state index is 2.65. The van der Waals surface area contributed by atoms with E-state index in [-0.39, 0.29) is 49.6 Å². The molecule has 0 aromatic carbocycles. The van der Waals surface area contributed by atoms with Crippen LogP contribution >= 0.6 is 57.8 Å². The number of halogens is 4. The van der Waals surface area contributed by atoms with Crippen molar-refractivity contribution in [2.75, 3.05) is 0 Å². The Morgan fingerprint density at radius 1 is 1.00 bits per heavy atom. The van der Waals surface area contributed by atoms with Crippen LogP contribution in [0.3, 0.4) is 0 Å². The van der Waals surface area contributed by atoms with Crippen molar-refractivity contribution >= 4 is 66.3 Å². The van der Waals surface area contributed by atoms with Gasteiger partial charge in [-0.05, 0) is 0 Å².